The van der Waals surface area contributed by atoms with Crippen LogP contribution in [0.2, 0.25) is 0 Å². The van der Waals surface area contributed by atoms with Crippen molar-refractivity contribution >= 4 is 23.2 Å². The lowest BCUT2D eigenvalue weighted by Crippen LogP contribution is -2.47. The second-order valence-electron chi connectivity index (χ2n) is 6.75. The molecule has 0 saturated carbocycles. The van der Waals surface area contributed by atoms with Crippen LogP contribution in [0, 0.1) is 6.92 Å². The van der Waals surface area contributed by atoms with E-state index < -0.39 is 0 Å². The van der Waals surface area contributed by atoms with Crippen molar-refractivity contribution < 1.29 is 4.79 Å². The number of benzene rings is 1. The van der Waals surface area contributed by atoms with E-state index >= 15 is 0 Å². The monoisotopic (exact) mass is 374 g/mol. The van der Waals surface area contributed by atoms with Gasteiger partial charge in [0.1, 0.15) is 23.7 Å². The van der Waals surface area contributed by atoms with E-state index in [0.717, 1.165) is 49.1 Å². The van der Waals surface area contributed by atoms with Crippen LogP contribution >= 0.6 is 0 Å². The first-order chi connectivity index (χ1) is 13.7. The number of nitrogens with zero attached hydrogens (tertiary/aromatic N) is 5. The van der Waals surface area contributed by atoms with Crippen molar-refractivity contribution in [2.24, 2.45) is 0 Å². The molecular weight excluding hydrogens is 352 g/mol. The lowest BCUT2D eigenvalue weighted by molar-refractivity contribution is 0.102. The number of carbonyl (C=O) groups is 1. The summed E-state index contributed by atoms with van der Waals surface area (Å²) in [5.74, 6) is 1.52. The van der Waals surface area contributed by atoms with Gasteiger partial charge in [-0.05, 0) is 36.8 Å². The number of hydrogen-bond donors (Lipinski definition) is 1. The number of amides is 1. The number of nitrogens with one attached hydrogen (secondary N) is 1. The Morgan fingerprint density at radius 1 is 0.893 bits per heavy atom. The number of hydrogen-bond acceptors (Lipinski definition) is 6. The lowest BCUT2D eigenvalue weighted by atomic mass is 10.2. The van der Waals surface area contributed by atoms with Gasteiger partial charge < -0.3 is 15.1 Å². The summed E-state index contributed by atoms with van der Waals surface area (Å²) >= 11 is 0. The van der Waals surface area contributed by atoms with Crippen LogP contribution in [-0.4, -0.2) is 47.0 Å². The number of rotatable bonds is 4. The van der Waals surface area contributed by atoms with Gasteiger partial charge in [0.25, 0.3) is 5.91 Å². The van der Waals surface area contributed by atoms with Crippen molar-refractivity contribution in [3.63, 3.8) is 0 Å². The quantitative estimate of drug-likeness (QED) is 0.757. The minimum absolute atomic E-state index is 0.235. The van der Waals surface area contributed by atoms with Gasteiger partial charge in [0.2, 0.25) is 0 Å². The Hall–Kier alpha value is -3.48. The predicted molar refractivity (Wildman–Crippen MR) is 110 cm³/mol. The summed E-state index contributed by atoms with van der Waals surface area (Å²) in [5, 5.41) is 2.89. The molecule has 0 unspecified atom stereocenters. The maximum Gasteiger partial charge on any atom is 0.274 e. The second-order valence-corrected chi connectivity index (χ2v) is 6.75. The van der Waals surface area contributed by atoms with Crippen LogP contribution in [0.15, 0.2) is 61.1 Å². The van der Waals surface area contributed by atoms with Crippen molar-refractivity contribution in [2.45, 2.75) is 6.92 Å². The van der Waals surface area contributed by atoms with E-state index in [1.54, 1.807) is 6.07 Å². The van der Waals surface area contributed by atoms with Crippen LogP contribution in [0.5, 0.6) is 0 Å². The van der Waals surface area contributed by atoms with Crippen molar-refractivity contribution in [2.75, 3.05) is 41.3 Å². The SMILES string of the molecule is Cc1cccc(NC(=O)c2cc(N3CCN(c4ccccn4)CC3)ncn2)c1. The highest BCUT2D eigenvalue weighted by Crippen LogP contribution is 2.18. The predicted octanol–water partition coefficient (Wildman–Crippen LogP) is 2.76. The molecule has 1 amide bonds. The number of piperazine rings is 1. The second kappa shape index (κ2) is 8.04. The summed E-state index contributed by atoms with van der Waals surface area (Å²) in [6.07, 6.45) is 3.26. The minimum atomic E-state index is -0.235. The molecule has 28 heavy (non-hydrogen) atoms. The maximum absolute atomic E-state index is 12.6. The maximum atomic E-state index is 12.6. The average molecular weight is 374 g/mol. The Kier molecular flexibility index (Phi) is 5.14. The van der Waals surface area contributed by atoms with Gasteiger partial charge in [-0.2, -0.15) is 0 Å². The molecule has 1 fully saturated rings. The normalized spacial score (nSPS) is 14.0. The van der Waals surface area contributed by atoms with E-state index in [1.807, 2.05) is 55.6 Å². The molecule has 1 aliphatic heterocycles. The molecule has 2 aromatic heterocycles. The van der Waals surface area contributed by atoms with Crippen LogP contribution in [-0.2, 0) is 0 Å². The lowest BCUT2D eigenvalue weighted by Gasteiger charge is -2.36. The largest absolute Gasteiger partial charge is 0.353 e. The van der Waals surface area contributed by atoms with Gasteiger partial charge in [-0.15, -0.1) is 0 Å². The number of aryl methyl sites for hydroxylation is 1. The molecular formula is C21H22N6O. The van der Waals surface area contributed by atoms with Crippen LogP contribution in [0.3, 0.4) is 0 Å². The van der Waals surface area contributed by atoms with E-state index in [0.29, 0.717) is 5.69 Å². The van der Waals surface area contributed by atoms with Gasteiger partial charge in [0, 0.05) is 44.1 Å². The Bertz CT molecular complexity index is 954. The van der Waals surface area contributed by atoms with Crippen molar-refractivity contribution in [1.29, 1.82) is 0 Å². The summed E-state index contributed by atoms with van der Waals surface area (Å²) in [6.45, 7) is 5.32. The fourth-order valence-electron chi connectivity index (χ4n) is 3.27. The molecule has 1 aliphatic rings. The number of pyridine rings is 1. The molecule has 3 aromatic rings. The molecule has 0 radical (unpaired) electrons. The zero-order valence-corrected chi connectivity index (χ0v) is 15.7. The van der Waals surface area contributed by atoms with Crippen molar-refractivity contribution in [3.8, 4) is 0 Å². The van der Waals surface area contributed by atoms with E-state index in [9.17, 15) is 4.79 Å². The van der Waals surface area contributed by atoms with Gasteiger partial charge in [0.15, 0.2) is 0 Å². The highest BCUT2D eigenvalue weighted by Gasteiger charge is 2.20. The Balaban J connectivity index is 1.42. The van der Waals surface area contributed by atoms with Crippen LogP contribution in [0.25, 0.3) is 0 Å². The first kappa shape index (κ1) is 17.9. The topological polar surface area (TPSA) is 74.2 Å². The minimum Gasteiger partial charge on any atom is -0.353 e. The van der Waals surface area contributed by atoms with E-state index in [1.165, 1.54) is 6.33 Å². The first-order valence-corrected chi connectivity index (χ1v) is 9.30. The van der Waals surface area contributed by atoms with Crippen LogP contribution < -0.4 is 15.1 Å². The van der Waals surface area contributed by atoms with Crippen LogP contribution in [0.1, 0.15) is 16.1 Å². The Morgan fingerprint density at radius 2 is 1.68 bits per heavy atom. The fraction of sp³-hybridized carbons (Fsp3) is 0.238. The molecule has 0 aliphatic carbocycles. The van der Waals surface area contributed by atoms with Gasteiger partial charge in [-0.3, -0.25) is 4.79 Å². The standard InChI is InChI=1S/C21H22N6O/c1-16-5-4-6-17(13-16)25-21(28)18-14-20(24-15-23-18)27-11-9-26(10-12-27)19-7-2-3-8-22-19/h2-8,13-15H,9-12H2,1H3,(H,25,28). The van der Waals surface area contributed by atoms with Gasteiger partial charge >= 0.3 is 0 Å². The van der Waals surface area contributed by atoms with Crippen molar-refractivity contribution in [3.05, 3.63) is 72.3 Å². The summed E-state index contributed by atoms with van der Waals surface area (Å²) in [7, 11) is 0. The fourth-order valence-corrected chi connectivity index (χ4v) is 3.27. The van der Waals surface area contributed by atoms with E-state index in [2.05, 4.69) is 30.1 Å². The molecule has 142 valence electrons. The third-order valence-corrected chi connectivity index (χ3v) is 4.74. The molecule has 0 bridgehead atoms. The Morgan fingerprint density at radius 3 is 2.39 bits per heavy atom. The molecule has 0 atom stereocenters. The Labute approximate surface area is 164 Å². The summed E-state index contributed by atoms with van der Waals surface area (Å²) < 4.78 is 0. The average Bonchev–Trinajstić information content (AvgIpc) is 2.75. The van der Waals surface area contributed by atoms with Gasteiger partial charge in [-0.1, -0.05) is 18.2 Å². The molecule has 1 aromatic carbocycles. The summed E-state index contributed by atoms with van der Waals surface area (Å²) in [4.78, 5) is 29.9. The van der Waals surface area contributed by atoms with Crippen molar-refractivity contribution in [1.82, 2.24) is 15.0 Å². The number of carbonyl (C=O) groups excluding carboxylic acids is 1. The van der Waals surface area contributed by atoms with Gasteiger partial charge in [0.05, 0.1) is 0 Å². The smallest absolute Gasteiger partial charge is 0.274 e. The molecule has 7 nitrogen and oxygen atoms in total. The number of aromatic nitrogens is 3. The molecule has 3 heterocycles. The molecule has 1 saturated heterocycles. The summed E-state index contributed by atoms with van der Waals surface area (Å²) in [6, 6.07) is 15.4. The zero-order valence-electron chi connectivity index (χ0n) is 15.7. The third-order valence-electron chi connectivity index (χ3n) is 4.74. The summed E-state index contributed by atoms with van der Waals surface area (Å²) in [5.41, 5.74) is 2.21. The molecule has 4 rings (SSSR count). The van der Waals surface area contributed by atoms with E-state index in [-0.39, 0.29) is 5.91 Å². The zero-order chi connectivity index (χ0) is 19.3. The van der Waals surface area contributed by atoms with Gasteiger partial charge in [-0.25, -0.2) is 15.0 Å². The van der Waals surface area contributed by atoms with Crippen LogP contribution in [0.4, 0.5) is 17.3 Å². The highest BCUT2D eigenvalue weighted by atomic mass is 16.1. The molecule has 7 heteroatoms. The highest BCUT2D eigenvalue weighted by molar-refractivity contribution is 6.03. The number of anilines is 3. The first-order valence-electron chi connectivity index (χ1n) is 9.30. The van der Waals surface area contributed by atoms with E-state index in [4.69, 9.17) is 0 Å². The molecule has 0 spiro atoms. The third kappa shape index (κ3) is 4.09. The molecule has 1 N–H and O–H groups in total.